The summed E-state index contributed by atoms with van der Waals surface area (Å²) in [4.78, 5) is 23.3. The molecule has 1 heterocycles. The van der Waals surface area contributed by atoms with Gasteiger partial charge in [0.1, 0.15) is 5.56 Å². The van der Waals surface area contributed by atoms with Crippen molar-refractivity contribution in [3.8, 4) is 5.75 Å². The lowest BCUT2D eigenvalue weighted by Crippen LogP contribution is -2.12. The van der Waals surface area contributed by atoms with Gasteiger partial charge in [-0.3, -0.25) is 4.79 Å². The number of amides is 1. The van der Waals surface area contributed by atoms with Gasteiger partial charge in [0.05, 0.1) is 24.7 Å². The molecule has 116 valence electrons. The summed E-state index contributed by atoms with van der Waals surface area (Å²) in [5, 5.41) is 22.6. The molecule has 0 saturated heterocycles. The number of esters is 1. The number of hydrogen-bond donors (Lipinski definition) is 3. The number of carbonyl (C=O) groups excluding carboxylic acids is 2. The van der Waals surface area contributed by atoms with Crippen LogP contribution in [0.5, 0.6) is 5.75 Å². The van der Waals surface area contributed by atoms with Gasteiger partial charge in [0.15, 0.2) is 5.75 Å². The number of aromatic amines is 1. The maximum Gasteiger partial charge on any atom is 0.341 e. The van der Waals surface area contributed by atoms with E-state index < -0.39 is 5.97 Å². The molecule has 1 amide bonds. The van der Waals surface area contributed by atoms with Gasteiger partial charge < -0.3 is 15.2 Å². The SMILES string of the molecule is COC(=O)c1cccc(NC(=O)CCCc2cn[nH]n2)c1O. The molecule has 2 aromatic rings. The molecule has 2 rings (SSSR count). The first-order valence-corrected chi connectivity index (χ1v) is 6.66. The van der Waals surface area contributed by atoms with Crippen molar-refractivity contribution in [2.24, 2.45) is 0 Å². The fraction of sp³-hybridized carbons (Fsp3) is 0.286. The Kier molecular flexibility index (Phi) is 5.07. The van der Waals surface area contributed by atoms with E-state index in [1.807, 2.05) is 0 Å². The van der Waals surface area contributed by atoms with Crippen LogP contribution in [0, 0.1) is 0 Å². The fourth-order valence-electron chi connectivity index (χ4n) is 1.91. The third-order valence-corrected chi connectivity index (χ3v) is 3.02. The number of benzene rings is 1. The molecule has 0 bridgehead atoms. The molecule has 0 fully saturated rings. The molecule has 0 saturated carbocycles. The lowest BCUT2D eigenvalue weighted by molar-refractivity contribution is -0.116. The van der Waals surface area contributed by atoms with Crippen LogP contribution in [0.2, 0.25) is 0 Å². The summed E-state index contributed by atoms with van der Waals surface area (Å²) in [7, 11) is 1.22. The number of phenols is 1. The van der Waals surface area contributed by atoms with Crippen LogP contribution in [0.25, 0.3) is 0 Å². The smallest absolute Gasteiger partial charge is 0.341 e. The Balaban J connectivity index is 1.92. The molecule has 8 heteroatoms. The molecular weight excluding hydrogens is 288 g/mol. The highest BCUT2D eigenvalue weighted by atomic mass is 16.5. The monoisotopic (exact) mass is 304 g/mol. The van der Waals surface area contributed by atoms with Crippen LogP contribution < -0.4 is 5.32 Å². The van der Waals surface area contributed by atoms with E-state index in [0.717, 1.165) is 5.69 Å². The summed E-state index contributed by atoms with van der Waals surface area (Å²) in [6.07, 6.45) is 3.08. The molecule has 22 heavy (non-hydrogen) atoms. The number of carbonyl (C=O) groups is 2. The van der Waals surface area contributed by atoms with Gasteiger partial charge in [-0.05, 0) is 25.0 Å². The summed E-state index contributed by atoms with van der Waals surface area (Å²) >= 11 is 0. The second-order valence-corrected chi connectivity index (χ2v) is 4.56. The molecule has 1 aromatic heterocycles. The Hall–Kier alpha value is -2.90. The highest BCUT2D eigenvalue weighted by Crippen LogP contribution is 2.28. The van der Waals surface area contributed by atoms with Crippen molar-refractivity contribution < 1.29 is 19.4 Å². The molecule has 1 aromatic carbocycles. The van der Waals surface area contributed by atoms with E-state index in [2.05, 4.69) is 25.5 Å². The zero-order chi connectivity index (χ0) is 15.9. The van der Waals surface area contributed by atoms with Gasteiger partial charge in [-0.1, -0.05) is 6.07 Å². The van der Waals surface area contributed by atoms with Crippen molar-refractivity contribution in [2.75, 3.05) is 12.4 Å². The van der Waals surface area contributed by atoms with E-state index >= 15 is 0 Å². The zero-order valence-electron chi connectivity index (χ0n) is 12.0. The van der Waals surface area contributed by atoms with Gasteiger partial charge in [0, 0.05) is 6.42 Å². The van der Waals surface area contributed by atoms with Crippen molar-refractivity contribution in [2.45, 2.75) is 19.3 Å². The number of aryl methyl sites for hydroxylation is 1. The summed E-state index contributed by atoms with van der Waals surface area (Å²) in [6, 6.07) is 4.48. The van der Waals surface area contributed by atoms with E-state index in [9.17, 15) is 14.7 Å². The molecule has 0 spiro atoms. The molecule has 0 aliphatic carbocycles. The van der Waals surface area contributed by atoms with E-state index in [1.54, 1.807) is 12.3 Å². The Morgan fingerprint density at radius 3 is 2.91 bits per heavy atom. The highest BCUT2D eigenvalue weighted by molar-refractivity contribution is 5.98. The van der Waals surface area contributed by atoms with Crippen LogP contribution in [-0.4, -0.2) is 39.5 Å². The summed E-state index contributed by atoms with van der Waals surface area (Å²) in [5.74, 6) is -1.24. The van der Waals surface area contributed by atoms with Crippen LogP contribution in [0.1, 0.15) is 28.9 Å². The standard InChI is InChI=1S/C14H16N4O4/c1-22-14(21)10-5-3-6-11(13(10)20)16-12(19)7-2-4-9-8-15-18-17-9/h3,5-6,8,20H,2,4,7H2,1H3,(H,16,19)(H,15,17,18). The lowest BCUT2D eigenvalue weighted by atomic mass is 10.1. The Bertz CT molecular complexity index is 655. The molecule has 0 aliphatic rings. The number of anilines is 1. The molecule has 0 unspecified atom stereocenters. The average molecular weight is 304 g/mol. The maximum absolute atomic E-state index is 11.9. The number of nitrogens with zero attached hydrogens (tertiary/aromatic N) is 2. The van der Waals surface area contributed by atoms with Crippen molar-refractivity contribution in [1.82, 2.24) is 15.4 Å². The van der Waals surface area contributed by atoms with Gasteiger partial charge in [0.2, 0.25) is 5.91 Å². The summed E-state index contributed by atoms with van der Waals surface area (Å²) in [5.41, 5.74) is 0.959. The first kappa shape index (κ1) is 15.5. The Labute approximate surface area is 126 Å². The van der Waals surface area contributed by atoms with Crippen molar-refractivity contribution in [3.05, 3.63) is 35.7 Å². The Morgan fingerprint density at radius 1 is 1.41 bits per heavy atom. The minimum Gasteiger partial charge on any atom is -0.505 e. The zero-order valence-corrected chi connectivity index (χ0v) is 12.0. The van der Waals surface area contributed by atoms with E-state index in [-0.39, 0.29) is 29.3 Å². The molecule has 0 atom stereocenters. The number of aromatic nitrogens is 3. The fourth-order valence-corrected chi connectivity index (χ4v) is 1.91. The van der Waals surface area contributed by atoms with E-state index in [1.165, 1.54) is 19.2 Å². The van der Waals surface area contributed by atoms with Crippen LogP contribution >= 0.6 is 0 Å². The Morgan fingerprint density at radius 2 is 2.23 bits per heavy atom. The van der Waals surface area contributed by atoms with Crippen molar-refractivity contribution in [3.63, 3.8) is 0 Å². The van der Waals surface area contributed by atoms with Crippen LogP contribution in [0.4, 0.5) is 5.69 Å². The topological polar surface area (TPSA) is 117 Å². The van der Waals surface area contributed by atoms with Gasteiger partial charge in [-0.25, -0.2) is 4.79 Å². The van der Waals surface area contributed by atoms with Gasteiger partial charge >= 0.3 is 5.97 Å². The number of phenolic OH excluding ortho intramolecular Hbond substituents is 1. The first-order valence-electron chi connectivity index (χ1n) is 6.66. The number of aromatic hydroxyl groups is 1. The molecule has 0 aliphatic heterocycles. The quantitative estimate of drug-likeness (QED) is 0.546. The van der Waals surface area contributed by atoms with Gasteiger partial charge in [-0.15, -0.1) is 0 Å². The third kappa shape index (κ3) is 3.81. The summed E-state index contributed by atoms with van der Waals surface area (Å²) in [6.45, 7) is 0. The van der Waals surface area contributed by atoms with Gasteiger partial charge in [-0.2, -0.15) is 15.4 Å². The van der Waals surface area contributed by atoms with Crippen LogP contribution in [0.15, 0.2) is 24.4 Å². The maximum atomic E-state index is 11.9. The molecular formula is C14H16N4O4. The van der Waals surface area contributed by atoms with Crippen LogP contribution in [0.3, 0.4) is 0 Å². The minimum atomic E-state index is -0.667. The molecule has 3 N–H and O–H groups in total. The van der Waals surface area contributed by atoms with Crippen LogP contribution in [-0.2, 0) is 16.0 Å². The number of hydrogen-bond acceptors (Lipinski definition) is 6. The number of nitrogens with one attached hydrogen (secondary N) is 2. The predicted molar refractivity (Wildman–Crippen MR) is 77.4 cm³/mol. The van der Waals surface area contributed by atoms with E-state index in [4.69, 9.17) is 0 Å². The minimum absolute atomic E-state index is 0.00268. The number of rotatable bonds is 6. The first-order chi connectivity index (χ1) is 10.6. The third-order valence-electron chi connectivity index (χ3n) is 3.02. The average Bonchev–Trinajstić information content (AvgIpc) is 3.02. The molecule has 8 nitrogen and oxygen atoms in total. The van der Waals surface area contributed by atoms with Crippen molar-refractivity contribution >= 4 is 17.6 Å². The normalized spacial score (nSPS) is 10.2. The largest absolute Gasteiger partial charge is 0.505 e. The molecule has 0 radical (unpaired) electrons. The number of para-hydroxylation sites is 1. The summed E-state index contributed by atoms with van der Waals surface area (Å²) < 4.78 is 4.56. The number of methoxy groups -OCH3 is 1. The highest BCUT2D eigenvalue weighted by Gasteiger charge is 2.15. The number of ether oxygens (including phenoxy) is 1. The number of H-pyrrole nitrogens is 1. The van der Waals surface area contributed by atoms with E-state index in [0.29, 0.717) is 12.8 Å². The van der Waals surface area contributed by atoms with Crippen molar-refractivity contribution in [1.29, 1.82) is 0 Å². The lowest BCUT2D eigenvalue weighted by Gasteiger charge is -2.09. The second-order valence-electron chi connectivity index (χ2n) is 4.56. The predicted octanol–water partition coefficient (Wildman–Crippen LogP) is 1.26. The second kappa shape index (κ2) is 7.21. The van der Waals surface area contributed by atoms with Gasteiger partial charge in [0.25, 0.3) is 0 Å².